The Labute approximate surface area is 227 Å². The number of aromatic nitrogens is 3. The first-order valence-corrected chi connectivity index (χ1v) is 13.5. The molecule has 0 bridgehead atoms. The molecule has 200 valence electrons. The molecule has 1 N–H and O–H groups in total. The summed E-state index contributed by atoms with van der Waals surface area (Å²) in [6, 6.07) is 11.9. The lowest BCUT2D eigenvalue weighted by molar-refractivity contribution is 0.0936. The Morgan fingerprint density at radius 2 is 1.89 bits per heavy atom. The van der Waals surface area contributed by atoms with Crippen LogP contribution in [0.3, 0.4) is 0 Å². The van der Waals surface area contributed by atoms with E-state index in [1.807, 2.05) is 43.5 Å². The second kappa shape index (κ2) is 12.7. The first kappa shape index (κ1) is 27.3. The topological polar surface area (TPSA) is 87.5 Å². The number of rotatable bonds is 12. The van der Waals surface area contributed by atoms with E-state index in [9.17, 15) is 4.79 Å². The summed E-state index contributed by atoms with van der Waals surface area (Å²) in [5, 5.41) is 5.92. The van der Waals surface area contributed by atoms with Crippen LogP contribution in [0.5, 0.6) is 11.5 Å². The van der Waals surface area contributed by atoms with Gasteiger partial charge in [-0.1, -0.05) is 13.0 Å². The molecule has 0 aliphatic rings. The van der Waals surface area contributed by atoms with Gasteiger partial charge in [0.25, 0.3) is 5.91 Å². The molecule has 8 nitrogen and oxygen atoms in total. The lowest BCUT2D eigenvalue weighted by Crippen LogP contribution is -2.27. The van der Waals surface area contributed by atoms with E-state index in [1.54, 1.807) is 32.7 Å². The van der Waals surface area contributed by atoms with Gasteiger partial charge in [-0.05, 0) is 55.7 Å². The molecular formula is C29H34N4O4S. The van der Waals surface area contributed by atoms with E-state index in [0.29, 0.717) is 36.8 Å². The highest BCUT2D eigenvalue weighted by Gasteiger charge is 2.20. The molecule has 3 heterocycles. The molecule has 3 aromatic heterocycles. The Kier molecular flexibility index (Phi) is 9.15. The molecule has 38 heavy (non-hydrogen) atoms. The summed E-state index contributed by atoms with van der Waals surface area (Å²) in [5.74, 6) is 1.27. The highest BCUT2D eigenvalue weighted by Crippen LogP contribution is 2.33. The lowest BCUT2D eigenvalue weighted by Gasteiger charge is -2.13. The first-order valence-electron chi connectivity index (χ1n) is 12.6. The van der Waals surface area contributed by atoms with Gasteiger partial charge in [0.05, 0.1) is 37.8 Å². The average molecular weight is 535 g/mol. The predicted molar refractivity (Wildman–Crippen MR) is 150 cm³/mol. The van der Waals surface area contributed by atoms with Crippen molar-refractivity contribution in [1.29, 1.82) is 0 Å². The number of methoxy groups -OCH3 is 3. The van der Waals surface area contributed by atoms with Crippen molar-refractivity contribution in [3.05, 3.63) is 70.5 Å². The van der Waals surface area contributed by atoms with E-state index in [4.69, 9.17) is 19.2 Å². The van der Waals surface area contributed by atoms with Crippen LogP contribution in [-0.2, 0) is 24.1 Å². The van der Waals surface area contributed by atoms with Crippen molar-refractivity contribution in [2.45, 2.75) is 33.2 Å². The van der Waals surface area contributed by atoms with Crippen LogP contribution in [-0.4, -0.2) is 54.9 Å². The minimum absolute atomic E-state index is 0.122. The molecule has 0 fully saturated rings. The minimum Gasteiger partial charge on any atom is -0.493 e. The molecule has 4 aromatic rings. The number of hydrogen-bond acceptors (Lipinski definition) is 7. The molecule has 1 amide bonds. The van der Waals surface area contributed by atoms with Crippen molar-refractivity contribution in [3.63, 3.8) is 0 Å². The summed E-state index contributed by atoms with van der Waals surface area (Å²) in [7, 11) is 4.88. The van der Waals surface area contributed by atoms with E-state index < -0.39 is 0 Å². The number of nitrogens with zero attached hydrogens (tertiary/aromatic N) is 3. The third-order valence-corrected chi connectivity index (χ3v) is 7.36. The van der Waals surface area contributed by atoms with E-state index in [1.165, 1.54) is 0 Å². The number of aryl methyl sites for hydroxylation is 2. The molecule has 0 spiro atoms. The summed E-state index contributed by atoms with van der Waals surface area (Å²) in [4.78, 5) is 22.4. The van der Waals surface area contributed by atoms with Gasteiger partial charge in [0.1, 0.15) is 5.01 Å². The molecular weight excluding hydrogens is 500 g/mol. The van der Waals surface area contributed by atoms with E-state index >= 15 is 0 Å². The quantitative estimate of drug-likeness (QED) is 0.252. The summed E-state index contributed by atoms with van der Waals surface area (Å²) in [6.07, 6.45) is 3.44. The van der Waals surface area contributed by atoms with Crippen molar-refractivity contribution in [2.24, 2.45) is 0 Å². The number of ether oxygens (including phenoxy) is 3. The normalized spacial score (nSPS) is 11.0. The molecule has 0 unspecified atom stereocenters. The smallest absolute Gasteiger partial charge is 0.253 e. The Morgan fingerprint density at radius 1 is 1.08 bits per heavy atom. The fourth-order valence-corrected chi connectivity index (χ4v) is 5.15. The number of pyridine rings is 1. The van der Waals surface area contributed by atoms with E-state index in [-0.39, 0.29) is 5.91 Å². The van der Waals surface area contributed by atoms with Gasteiger partial charge in [-0.15, -0.1) is 11.3 Å². The molecule has 9 heteroatoms. The number of thiazole rings is 1. The second-order valence-corrected chi connectivity index (χ2v) is 9.65. The zero-order valence-corrected chi connectivity index (χ0v) is 23.4. The maximum Gasteiger partial charge on any atom is 0.253 e. The minimum atomic E-state index is -0.122. The Hall–Kier alpha value is -3.69. The molecule has 0 atom stereocenters. The van der Waals surface area contributed by atoms with Gasteiger partial charge in [-0.25, -0.2) is 4.98 Å². The van der Waals surface area contributed by atoms with Crippen LogP contribution in [0, 0.1) is 6.92 Å². The third kappa shape index (κ3) is 6.06. The van der Waals surface area contributed by atoms with Crippen molar-refractivity contribution in [3.8, 4) is 33.5 Å². The molecule has 0 aliphatic carbocycles. The zero-order valence-electron chi connectivity index (χ0n) is 22.5. The largest absolute Gasteiger partial charge is 0.493 e. The average Bonchev–Trinajstić information content (AvgIpc) is 3.56. The van der Waals surface area contributed by atoms with Gasteiger partial charge in [0.15, 0.2) is 11.5 Å². The molecule has 1 aromatic carbocycles. The van der Waals surface area contributed by atoms with Crippen molar-refractivity contribution in [1.82, 2.24) is 19.9 Å². The number of hydrogen-bond donors (Lipinski definition) is 1. The SMILES string of the molecule is CCc1cc(-c2nc(-c3cc(C(=O)NCCOC)c(C)n3CCc3ccc(OC)c(OC)c3)cs2)ccn1. The van der Waals surface area contributed by atoms with Crippen LogP contribution < -0.4 is 14.8 Å². The lowest BCUT2D eigenvalue weighted by atomic mass is 10.1. The molecule has 0 saturated carbocycles. The fraction of sp³-hybridized carbons (Fsp3) is 0.345. The van der Waals surface area contributed by atoms with Gasteiger partial charge in [-0.3, -0.25) is 9.78 Å². The molecule has 4 rings (SSSR count). The van der Waals surface area contributed by atoms with Crippen molar-refractivity contribution >= 4 is 17.2 Å². The standard InChI is InChI=1S/C29H34N4O4S/c1-6-22-16-21(9-11-30-22)29-32-24(18-38-29)25-17-23(28(34)31-12-14-35-3)19(2)33(25)13-10-20-7-8-26(36-4)27(15-20)37-5/h7-9,11,15-18H,6,10,12-14H2,1-5H3,(H,31,34). The molecule has 0 aliphatic heterocycles. The first-order chi connectivity index (χ1) is 18.5. The molecule has 0 radical (unpaired) electrons. The van der Waals surface area contributed by atoms with Crippen LogP contribution >= 0.6 is 11.3 Å². The van der Waals surface area contributed by atoms with Gasteiger partial charge in [-0.2, -0.15) is 0 Å². The number of nitrogens with one attached hydrogen (secondary N) is 1. The Bertz CT molecular complexity index is 1400. The van der Waals surface area contributed by atoms with Gasteiger partial charge in [0.2, 0.25) is 0 Å². The number of amides is 1. The predicted octanol–water partition coefficient (Wildman–Crippen LogP) is 5.18. The maximum absolute atomic E-state index is 13.0. The van der Waals surface area contributed by atoms with E-state index in [2.05, 4.69) is 33.2 Å². The van der Waals surface area contributed by atoms with E-state index in [0.717, 1.165) is 51.8 Å². The Morgan fingerprint density at radius 3 is 2.63 bits per heavy atom. The number of benzene rings is 1. The summed E-state index contributed by atoms with van der Waals surface area (Å²) in [5.41, 5.74) is 6.46. The van der Waals surface area contributed by atoms with Crippen LogP contribution in [0.15, 0.2) is 48.0 Å². The number of carbonyl (C=O) groups is 1. The number of carbonyl (C=O) groups excluding carboxylic acids is 1. The monoisotopic (exact) mass is 534 g/mol. The fourth-order valence-electron chi connectivity index (χ4n) is 4.34. The van der Waals surface area contributed by atoms with Gasteiger partial charge < -0.3 is 24.1 Å². The van der Waals surface area contributed by atoms with Crippen LogP contribution in [0.4, 0.5) is 0 Å². The molecule has 0 saturated heterocycles. The maximum atomic E-state index is 13.0. The van der Waals surface area contributed by atoms with Gasteiger partial charge in [0, 0.05) is 48.7 Å². The van der Waals surface area contributed by atoms with Crippen molar-refractivity contribution in [2.75, 3.05) is 34.5 Å². The Balaban J connectivity index is 1.67. The third-order valence-electron chi connectivity index (χ3n) is 6.47. The highest BCUT2D eigenvalue weighted by molar-refractivity contribution is 7.13. The summed E-state index contributed by atoms with van der Waals surface area (Å²) >= 11 is 1.59. The van der Waals surface area contributed by atoms with Crippen LogP contribution in [0.25, 0.3) is 22.0 Å². The summed E-state index contributed by atoms with van der Waals surface area (Å²) < 4.78 is 18.1. The van der Waals surface area contributed by atoms with Crippen molar-refractivity contribution < 1.29 is 19.0 Å². The summed E-state index contributed by atoms with van der Waals surface area (Å²) in [6.45, 7) is 5.64. The van der Waals surface area contributed by atoms with Gasteiger partial charge >= 0.3 is 0 Å². The van der Waals surface area contributed by atoms with Crippen LogP contribution in [0.2, 0.25) is 0 Å². The highest BCUT2D eigenvalue weighted by atomic mass is 32.1. The van der Waals surface area contributed by atoms with Crippen LogP contribution in [0.1, 0.15) is 34.2 Å². The zero-order chi connectivity index (χ0) is 27.1. The second-order valence-electron chi connectivity index (χ2n) is 8.80.